The number of amides is 2. The van der Waals surface area contributed by atoms with Gasteiger partial charge in [0.2, 0.25) is 0 Å². The second-order valence-electron chi connectivity index (χ2n) is 7.06. The van der Waals surface area contributed by atoms with Gasteiger partial charge in [-0.1, -0.05) is 24.3 Å². The van der Waals surface area contributed by atoms with Crippen LogP contribution in [-0.2, 0) is 13.1 Å². The van der Waals surface area contributed by atoms with Gasteiger partial charge in [0, 0.05) is 19.1 Å². The van der Waals surface area contributed by atoms with Crippen LogP contribution in [0.1, 0.15) is 45.2 Å². The lowest BCUT2D eigenvalue weighted by molar-refractivity contribution is 0.0953. The van der Waals surface area contributed by atoms with Gasteiger partial charge in [-0.05, 0) is 56.3 Å². The molecule has 2 N–H and O–H groups in total. The average molecular weight is 412 g/mol. The Balaban J connectivity index is 1.59. The van der Waals surface area contributed by atoms with Gasteiger partial charge in [0.25, 0.3) is 11.8 Å². The van der Waals surface area contributed by atoms with Crippen LogP contribution in [0.5, 0.6) is 0 Å². The first kappa shape index (κ1) is 20.8. The quantitative estimate of drug-likeness (QED) is 0.577. The molecule has 0 aliphatic heterocycles. The lowest BCUT2D eigenvalue weighted by Crippen LogP contribution is -2.27. The minimum absolute atomic E-state index is 0.166. The Bertz CT molecular complexity index is 963. The number of benzene rings is 1. The molecule has 0 saturated carbocycles. The maximum atomic E-state index is 12.5. The highest BCUT2D eigenvalue weighted by Gasteiger charge is 2.14. The largest absolute Gasteiger partial charge is 0.459 e. The lowest BCUT2D eigenvalue weighted by Gasteiger charge is -2.22. The molecule has 6 nitrogen and oxygen atoms in total. The molecule has 2 heterocycles. The van der Waals surface area contributed by atoms with Crippen LogP contribution < -0.4 is 10.6 Å². The molecular formula is C22H25N3O3S. The van der Waals surface area contributed by atoms with Gasteiger partial charge in [-0.15, -0.1) is 11.3 Å². The highest BCUT2D eigenvalue weighted by Crippen LogP contribution is 2.23. The minimum atomic E-state index is -0.341. The molecule has 7 heteroatoms. The van der Waals surface area contributed by atoms with Gasteiger partial charge < -0.3 is 15.1 Å². The topological polar surface area (TPSA) is 74.6 Å². The zero-order valence-electron chi connectivity index (χ0n) is 16.8. The summed E-state index contributed by atoms with van der Waals surface area (Å²) in [7, 11) is 2.09. The number of nitrogens with zero attached hydrogens (tertiary/aromatic N) is 1. The molecule has 0 spiro atoms. The van der Waals surface area contributed by atoms with Crippen LogP contribution in [0, 0.1) is 0 Å². The first-order chi connectivity index (χ1) is 13.9. The molecule has 0 unspecified atom stereocenters. The summed E-state index contributed by atoms with van der Waals surface area (Å²) in [5.41, 5.74) is 2.29. The zero-order chi connectivity index (χ0) is 20.8. The van der Waals surface area contributed by atoms with E-state index in [2.05, 4.69) is 42.5 Å². The van der Waals surface area contributed by atoms with E-state index < -0.39 is 0 Å². The Morgan fingerprint density at radius 1 is 1.03 bits per heavy atom. The van der Waals surface area contributed by atoms with Crippen LogP contribution in [0.4, 0.5) is 5.00 Å². The van der Waals surface area contributed by atoms with Crippen LogP contribution in [0.3, 0.4) is 0 Å². The van der Waals surface area contributed by atoms with E-state index in [4.69, 9.17) is 4.42 Å². The molecular weight excluding hydrogens is 386 g/mol. The second kappa shape index (κ2) is 9.54. The van der Waals surface area contributed by atoms with E-state index in [0.29, 0.717) is 22.5 Å². The molecule has 3 aromatic rings. The molecule has 0 atom stereocenters. The molecule has 1 aromatic carbocycles. The van der Waals surface area contributed by atoms with Crippen molar-refractivity contribution in [1.82, 2.24) is 10.2 Å². The molecule has 29 heavy (non-hydrogen) atoms. The Hall–Kier alpha value is -2.90. The number of hydrogen-bond acceptors (Lipinski definition) is 5. The number of furan rings is 1. The standard InChI is InChI=1S/C22H25N3O3S/c1-15(2)25(3)14-17-8-5-4-7-16(17)13-23-22(27)19-10-11-20(29-19)24-21(26)18-9-6-12-28-18/h4-12,15H,13-14H2,1-3H3,(H,23,27)(H,24,26). The zero-order valence-corrected chi connectivity index (χ0v) is 17.6. The van der Waals surface area contributed by atoms with E-state index in [1.165, 1.54) is 23.2 Å². The number of rotatable bonds is 8. The molecule has 0 saturated heterocycles. The average Bonchev–Trinajstić information content (AvgIpc) is 3.39. The Morgan fingerprint density at radius 2 is 1.79 bits per heavy atom. The SMILES string of the molecule is CC(C)N(C)Cc1ccccc1CNC(=O)c1ccc(NC(=O)c2ccco2)s1. The molecule has 2 aromatic heterocycles. The van der Waals surface area contributed by atoms with E-state index >= 15 is 0 Å². The van der Waals surface area contributed by atoms with Gasteiger partial charge in [-0.25, -0.2) is 0 Å². The minimum Gasteiger partial charge on any atom is -0.459 e. The summed E-state index contributed by atoms with van der Waals surface area (Å²) in [4.78, 5) is 27.4. The van der Waals surface area contributed by atoms with Crippen molar-refractivity contribution in [3.63, 3.8) is 0 Å². The van der Waals surface area contributed by atoms with E-state index in [0.717, 1.165) is 12.1 Å². The molecule has 152 valence electrons. The predicted octanol–water partition coefficient (Wildman–Crippen LogP) is 4.36. The van der Waals surface area contributed by atoms with Crippen LogP contribution in [0.2, 0.25) is 0 Å². The summed E-state index contributed by atoms with van der Waals surface area (Å²) in [6.07, 6.45) is 1.44. The fraction of sp³-hybridized carbons (Fsp3) is 0.273. The fourth-order valence-electron chi connectivity index (χ4n) is 2.71. The van der Waals surface area contributed by atoms with Gasteiger partial charge in [-0.3, -0.25) is 14.5 Å². The number of carbonyl (C=O) groups is 2. The van der Waals surface area contributed by atoms with E-state index in [-0.39, 0.29) is 17.6 Å². The first-order valence-electron chi connectivity index (χ1n) is 9.44. The number of nitrogens with one attached hydrogen (secondary N) is 2. The summed E-state index contributed by atoms with van der Waals surface area (Å²) in [5.74, 6) is -0.278. The van der Waals surface area contributed by atoms with Crippen molar-refractivity contribution in [2.45, 2.75) is 33.0 Å². The van der Waals surface area contributed by atoms with Crippen molar-refractivity contribution >= 4 is 28.2 Å². The Labute approximate surface area is 174 Å². The molecule has 2 amide bonds. The van der Waals surface area contributed by atoms with E-state index in [9.17, 15) is 9.59 Å². The van der Waals surface area contributed by atoms with Crippen molar-refractivity contribution in [3.8, 4) is 0 Å². The highest BCUT2D eigenvalue weighted by atomic mass is 32.1. The van der Waals surface area contributed by atoms with Gasteiger partial charge in [-0.2, -0.15) is 0 Å². The molecule has 0 fully saturated rings. The van der Waals surface area contributed by atoms with E-state index in [1.807, 2.05) is 18.2 Å². The third-order valence-electron chi connectivity index (χ3n) is 4.67. The highest BCUT2D eigenvalue weighted by molar-refractivity contribution is 7.18. The molecule has 0 aliphatic carbocycles. The summed E-state index contributed by atoms with van der Waals surface area (Å²) in [5, 5.41) is 6.30. The van der Waals surface area contributed by atoms with Crippen molar-refractivity contribution in [1.29, 1.82) is 0 Å². The van der Waals surface area contributed by atoms with Gasteiger partial charge in [0.05, 0.1) is 16.1 Å². The van der Waals surface area contributed by atoms with Gasteiger partial charge in [0.1, 0.15) is 0 Å². The molecule has 3 rings (SSSR count). The summed E-state index contributed by atoms with van der Waals surface area (Å²) >= 11 is 1.23. The number of hydrogen-bond donors (Lipinski definition) is 2. The number of thiophene rings is 1. The summed E-state index contributed by atoms with van der Waals surface area (Å²) in [6.45, 7) is 5.59. The Kier molecular flexibility index (Phi) is 6.85. The maximum absolute atomic E-state index is 12.5. The monoisotopic (exact) mass is 411 g/mol. The van der Waals surface area contributed by atoms with E-state index in [1.54, 1.807) is 24.3 Å². The number of anilines is 1. The van der Waals surface area contributed by atoms with Crippen LogP contribution in [0.25, 0.3) is 0 Å². The van der Waals surface area contributed by atoms with Gasteiger partial charge in [0.15, 0.2) is 5.76 Å². The lowest BCUT2D eigenvalue weighted by atomic mass is 10.1. The predicted molar refractivity (Wildman–Crippen MR) is 115 cm³/mol. The Morgan fingerprint density at radius 3 is 2.48 bits per heavy atom. The summed E-state index contributed by atoms with van der Waals surface area (Å²) < 4.78 is 5.07. The van der Waals surface area contributed by atoms with Crippen molar-refractivity contribution in [2.24, 2.45) is 0 Å². The van der Waals surface area contributed by atoms with Crippen LogP contribution in [-0.4, -0.2) is 29.8 Å². The van der Waals surface area contributed by atoms with Crippen LogP contribution >= 0.6 is 11.3 Å². The molecule has 0 aliphatic rings. The number of carbonyl (C=O) groups excluding carboxylic acids is 2. The van der Waals surface area contributed by atoms with Crippen molar-refractivity contribution in [2.75, 3.05) is 12.4 Å². The van der Waals surface area contributed by atoms with Crippen molar-refractivity contribution in [3.05, 3.63) is 76.6 Å². The summed E-state index contributed by atoms with van der Waals surface area (Å²) in [6, 6.07) is 15.2. The third-order valence-corrected chi connectivity index (χ3v) is 5.67. The molecule has 0 radical (unpaired) electrons. The third kappa shape index (κ3) is 5.56. The fourth-order valence-corrected chi connectivity index (χ4v) is 3.52. The smallest absolute Gasteiger partial charge is 0.291 e. The second-order valence-corrected chi connectivity index (χ2v) is 8.14. The maximum Gasteiger partial charge on any atom is 0.291 e. The van der Waals surface area contributed by atoms with Gasteiger partial charge >= 0.3 is 0 Å². The molecule has 0 bridgehead atoms. The van der Waals surface area contributed by atoms with Crippen LogP contribution in [0.15, 0.2) is 59.2 Å². The van der Waals surface area contributed by atoms with Crippen molar-refractivity contribution < 1.29 is 14.0 Å². The normalized spacial score (nSPS) is 11.1. The first-order valence-corrected chi connectivity index (χ1v) is 10.3.